The fourth-order valence-corrected chi connectivity index (χ4v) is 4.32. The van der Waals surface area contributed by atoms with Gasteiger partial charge in [-0.15, -0.1) is 11.3 Å². The zero-order valence-electron chi connectivity index (χ0n) is 17.2. The molecule has 1 fully saturated rings. The molecular weight excluding hydrogens is 404 g/mol. The molecular formula is C20H24N6O3S. The van der Waals surface area contributed by atoms with E-state index in [2.05, 4.69) is 27.1 Å². The summed E-state index contributed by atoms with van der Waals surface area (Å²) in [5, 5.41) is 5.50. The molecule has 1 N–H and O–H groups in total. The first-order valence-electron chi connectivity index (χ1n) is 9.88. The zero-order valence-corrected chi connectivity index (χ0v) is 18.0. The second kappa shape index (κ2) is 8.11. The van der Waals surface area contributed by atoms with Crippen LogP contribution in [0.15, 0.2) is 27.1 Å². The number of carbonyl (C=O) groups excluding carboxylic acids is 1. The van der Waals surface area contributed by atoms with E-state index in [1.165, 1.54) is 55.0 Å². The first-order valence-corrected chi connectivity index (χ1v) is 10.8. The molecule has 1 aliphatic heterocycles. The Bertz CT molecular complexity index is 1220. The minimum absolute atomic E-state index is 0.118. The van der Waals surface area contributed by atoms with Gasteiger partial charge in [-0.2, -0.15) is 0 Å². The summed E-state index contributed by atoms with van der Waals surface area (Å²) in [5.74, 6) is 0.346. The van der Waals surface area contributed by atoms with Crippen LogP contribution in [-0.4, -0.2) is 43.0 Å². The van der Waals surface area contributed by atoms with Gasteiger partial charge < -0.3 is 0 Å². The fourth-order valence-electron chi connectivity index (χ4n) is 3.63. The number of amides is 1. The number of hydrogen-bond acceptors (Lipinski definition) is 7. The molecule has 30 heavy (non-hydrogen) atoms. The van der Waals surface area contributed by atoms with E-state index in [0.29, 0.717) is 5.13 Å². The van der Waals surface area contributed by atoms with E-state index in [0.717, 1.165) is 35.8 Å². The summed E-state index contributed by atoms with van der Waals surface area (Å²) >= 11 is 1.37. The number of nitrogens with one attached hydrogen (secondary N) is 1. The summed E-state index contributed by atoms with van der Waals surface area (Å²) < 4.78 is 2.28. The monoisotopic (exact) mass is 428 g/mol. The van der Waals surface area contributed by atoms with Gasteiger partial charge in [0, 0.05) is 26.0 Å². The molecule has 0 aromatic carbocycles. The first kappa shape index (κ1) is 20.4. The van der Waals surface area contributed by atoms with Crippen LogP contribution in [0.2, 0.25) is 0 Å². The lowest BCUT2D eigenvalue weighted by Crippen LogP contribution is -2.37. The molecule has 0 aliphatic carbocycles. The van der Waals surface area contributed by atoms with Gasteiger partial charge >= 0.3 is 5.69 Å². The van der Waals surface area contributed by atoms with Crippen molar-refractivity contribution in [3.8, 4) is 0 Å². The number of fused-ring (bicyclic) bond motifs is 1. The molecule has 158 valence electrons. The largest absolute Gasteiger partial charge is 0.332 e. The van der Waals surface area contributed by atoms with Gasteiger partial charge in [0.15, 0.2) is 5.13 Å². The molecule has 4 heterocycles. The molecule has 4 rings (SSSR count). The third-order valence-electron chi connectivity index (χ3n) is 5.57. The second-order valence-electron chi connectivity index (χ2n) is 7.83. The third kappa shape index (κ3) is 3.92. The molecule has 0 atom stereocenters. The smallest absolute Gasteiger partial charge is 0.297 e. The van der Waals surface area contributed by atoms with Crippen LogP contribution in [0.3, 0.4) is 0 Å². The van der Waals surface area contributed by atoms with Crippen LogP contribution < -0.4 is 16.6 Å². The molecule has 0 saturated carbocycles. The fraction of sp³-hybridized carbons (Fsp3) is 0.450. The number of pyridine rings is 1. The summed E-state index contributed by atoms with van der Waals surface area (Å²) in [6, 6.07) is 3.00. The molecule has 0 bridgehead atoms. The number of piperidine rings is 1. The maximum atomic E-state index is 12.7. The van der Waals surface area contributed by atoms with Gasteiger partial charge in [0.2, 0.25) is 0 Å². The Balaban J connectivity index is 1.50. The molecule has 9 nitrogen and oxygen atoms in total. The number of aryl methyl sites for hydroxylation is 1. The van der Waals surface area contributed by atoms with E-state index in [-0.39, 0.29) is 16.7 Å². The van der Waals surface area contributed by atoms with Crippen molar-refractivity contribution in [2.24, 2.45) is 20.0 Å². The Kier molecular flexibility index (Phi) is 5.52. The number of likely N-dealkylation sites (tertiary alicyclic amines) is 1. The van der Waals surface area contributed by atoms with Crippen molar-refractivity contribution in [3.63, 3.8) is 0 Å². The highest BCUT2D eigenvalue weighted by molar-refractivity contribution is 7.13. The SMILES string of the molecule is CC1CCN(Cc2csc(NC(=O)c3ccc4c(=O)n(C)c(=O)n(C)c4n3)n2)CC1. The summed E-state index contributed by atoms with van der Waals surface area (Å²) in [4.78, 5) is 48.2. The maximum absolute atomic E-state index is 12.7. The number of rotatable bonds is 4. The number of thiazole rings is 1. The van der Waals surface area contributed by atoms with E-state index in [4.69, 9.17) is 0 Å². The number of hydrogen-bond donors (Lipinski definition) is 1. The van der Waals surface area contributed by atoms with Crippen LogP contribution in [0.1, 0.15) is 35.9 Å². The number of nitrogens with zero attached hydrogens (tertiary/aromatic N) is 5. The minimum Gasteiger partial charge on any atom is -0.297 e. The van der Waals surface area contributed by atoms with Crippen LogP contribution in [0.4, 0.5) is 5.13 Å². The number of aromatic nitrogens is 4. The predicted molar refractivity (Wildman–Crippen MR) is 116 cm³/mol. The van der Waals surface area contributed by atoms with Crippen LogP contribution in [0, 0.1) is 5.92 Å². The van der Waals surface area contributed by atoms with Gasteiger partial charge in [0.1, 0.15) is 11.3 Å². The third-order valence-corrected chi connectivity index (χ3v) is 6.37. The Hall–Kier alpha value is -2.85. The van der Waals surface area contributed by atoms with E-state index in [1.54, 1.807) is 0 Å². The average Bonchev–Trinajstić information content (AvgIpc) is 3.18. The number of anilines is 1. The highest BCUT2D eigenvalue weighted by Crippen LogP contribution is 2.21. The van der Waals surface area contributed by atoms with Crippen molar-refractivity contribution >= 4 is 33.4 Å². The van der Waals surface area contributed by atoms with Crippen LogP contribution in [-0.2, 0) is 20.6 Å². The molecule has 1 aliphatic rings. The first-order chi connectivity index (χ1) is 14.3. The number of carbonyl (C=O) groups is 1. The summed E-state index contributed by atoms with van der Waals surface area (Å²) in [6.07, 6.45) is 2.40. The minimum atomic E-state index is -0.491. The molecule has 0 radical (unpaired) electrons. The summed E-state index contributed by atoms with van der Waals surface area (Å²) in [5.41, 5.74) is 0.295. The standard InChI is InChI=1S/C20H24N6O3S/c1-12-6-8-26(9-7-12)10-13-11-30-19(21-13)23-17(27)15-5-4-14-16(22-15)24(2)20(29)25(3)18(14)28/h4-5,11-12H,6-10H2,1-3H3,(H,21,23,27). The molecule has 0 unspecified atom stereocenters. The molecule has 1 amide bonds. The Morgan fingerprint density at radius 1 is 1.17 bits per heavy atom. The van der Waals surface area contributed by atoms with Crippen LogP contribution in [0.5, 0.6) is 0 Å². The topological polar surface area (TPSA) is 102 Å². The van der Waals surface area contributed by atoms with Gasteiger partial charge in [0.25, 0.3) is 11.5 Å². The zero-order chi connectivity index (χ0) is 21.4. The highest BCUT2D eigenvalue weighted by atomic mass is 32.1. The van der Waals surface area contributed by atoms with Crippen molar-refractivity contribution < 1.29 is 4.79 Å². The Labute approximate surface area is 177 Å². The van der Waals surface area contributed by atoms with E-state index >= 15 is 0 Å². The Morgan fingerprint density at radius 2 is 1.90 bits per heavy atom. The molecule has 3 aromatic rings. The van der Waals surface area contributed by atoms with Gasteiger partial charge in [0.05, 0.1) is 11.1 Å². The lowest BCUT2D eigenvalue weighted by atomic mass is 9.99. The van der Waals surface area contributed by atoms with Crippen molar-refractivity contribution in [2.75, 3.05) is 18.4 Å². The lowest BCUT2D eigenvalue weighted by Gasteiger charge is -2.29. The van der Waals surface area contributed by atoms with E-state index in [9.17, 15) is 14.4 Å². The molecule has 10 heteroatoms. The van der Waals surface area contributed by atoms with Gasteiger partial charge in [-0.1, -0.05) is 6.92 Å². The lowest BCUT2D eigenvalue weighted by molar-refractivity contribution is 0.102. The van der Waals surface area contributed by atoms with Gasteiger partial charge in [-0.3, -0.25) is 28.9 Å². The van der Waals surface area contributed by atoms with Gasteiger partial charge in [-0.25, -0.2) is 14.8 Å². The quantitative estimate of drug-likeness (QED) is 0.677. The molecule has 0 spiro atoms. The molecule has 3 aromatic heterocycles. The van der Waals surface area contributed by atoms with Crippen molar-refractivity contribution in [3.05, 3.63) is 49.7 Å². The van der Waals surface area contributed by atoms with E-state index < -0.39 is 17.2 Å². The van der Waals surface area contributed by atoms with Crippen molar-refractivity contribution in [1.29, 1.82) is 0 Å². The average molecular weight is 429 g/mol. The summed E-state index contributed by atoms with van der Waals surface area (Å²) in [7, 11) is 2.93. The van der Waals surface area contributed by atoms with Crippen LogP contribution in [0.25, 0.3) is 11.0 Å². The molecule has 1 saturated heterocycles. The van der Waals surface area contributed by atoms with E-state index in [1.807, 2.05) is 5.38 Å². The summed E-state index contributed by atoms with van der Waals surface area (Å²) in [6.45, 7) is 5.20. The maximum Gasteiger partial charge on any atom is 0.332 e. The van der Waals surface area contributed by atoms with Crippen molar-refractivity contribution in [2.45, 2.75) is 26.3 Å². The van der Waals surface area contributed by atoms with Crippen molar-refractivity contribution in [1.82, 2.24) is 24.0 Å². The second-order valence-corrected chi connectivity index (χ2v) is 8.69. The van der Waals surface area contributed by atoms with Crippen LogP contribution >= 0.6 is 11.3 Å². The Morgan fingerprint density at radius 3 is 2.63 bits per heavy atom. The predicted octanol–water partition coefficient (Wildman–Crippen LogP) is 1.57. The normalized spacial score (nSPS) is 15.6. The van der Waals surface area contributed by atoms with Gasteiger partial charge in [-0.05, 0) is 44.0 Å². The highest BCUT2D eigenvalue weighted by Gasteiger charge is 2.18.